The second-order valence-electron chi connectivity index (χ2n) is 14.4. The standard InChI is InChI=1S/C38H38Cl2F3N7O5S/c1-37(2)35(54)49(26-4-3-22(18-44)28(16-26)38(41,42)43)36(56)50(37)27-5-7-31(29(40)17-27)55-20-21-9-11-48(12-10-21)19-33(52)46-25-14-23(39)13-24(15-25)45-30-6-8-32(51)47-34(30)53/h3-5,7,13-17,21,30,36,45,56H,6,8-12,19-20H2,1-2H3,(H,46,52)(H,47,51,53). The molecule has 3 N–H and O–H groups in total. The van der Waals surface area contributed by atoms with Crippen LogP contribution in [-0.2, 0) is 25.4 Å². The SMILES string of the molecule is CC1(C)C(=O)N(c2ccc(C#N)c(C(F)(F)F)c2)C(S)N1c1ccc(OCC2CCN(CC(=O)Nc3cc(Cl)cc(NC4CCC(=O)NC4=O)c3)CC2)c(Cl)c1. The summed E-state index contributed by atoms with van der Waals surface area (Å²) in [7, 11) is 0. The van der Waals surface area contributed by atoms with Gasteiger partial charge in [0.05, 0.1) is 35.4 Å². The molecule has 0 bridgehead atoms. The van der Waals surface area contributed by atoms with Gasteiger partial charge in [0.1, 0.15) is 17.3 Å². The highest BCUT2D eigenvalue weighted by Crippen LogP contribution is 2.44. The Morgan fingerprint density at radius 1 is 1.02 bits per heavy atom. The number of ether oxygens (including phenoxy) is 1. The van der Waals surface area contributed by atoms with E-state index < -0.39 is 46.2 Å². The van der Waals surface area contributed by atoms with E-state index in [0.29, 0.717) is 54.0 Å². The molecular weight excluding hydrogens is 794 g/mol. The molecule has 296 valence electrons. The first-order valence-corrected chi connectivity index (χ1v) is 19.0. The summed E-state index contributed by atoms with van der Waals surface area (Å²) in [6.07, 6.45) is -2.68. The molecule has 3 heterocycles. The van der Waals surface area contributed by atoms with Crippen LogP contribution in [0.2, 0.25) is 10.0 Å². The monoisotopic (exact) mass is 831 g/mol. The lowest BCUT2D eigenvalue weighted by molar-refractivity contribution is -0.138. The Morgan fingerprint density at radius 3 is 2.38 bits per heavy atom. The highest BCUT2D eigenvalue weighted by molar-refractivity contribution is 7.81. The maximum atomic E-state index is 13.7. The van der Waals surface area contributed by atoms with Gasteiger partial charge < -0.3 is 20.3 Å². The van der Waals surface area contributed by atoms with Crippen LogP contribution in [-0.4, -0.2) is 71.8 Å². The van der Waals surface area contributed by atoms with Crippen LogP contribution in [0, 0.1) is 17.2 Å². The van der Waals surface area contributed by atoms with Gasteiger partial charge in [-0.15, -0.1) is 12.6 Å². The van der Waals surface area contributed by atoms with Gasteiger partial charge in [-0.05, 0) is 107 Å². The van der Waals surface area contributed by atoms with Crippen molar-refractivity contribution in [1.29, 1.82) is 5.26 Å². The van der Waals surface area contributed by atoms with E-state index in [1.807, 2.05) is 4.90 Å². The average molecular weight is 833 g/mol. The summed E-state index contributed by atoms with van der Waals surface area (Å²) in [6, 6.07) is 14.0. The molecule has 0 saturated carbocycles. The van der Waals surface area contributed by atoms with Crippen LogP contribution in [0.4, 0.5) is 35.9 Å². The van der Waals surface area contributed by atoms with Gasteiger partial charge in [0.25, 0.3) is 5.91 Å². The van der Waals surface area contributed by atoms with Gasteiger partial charge in [-0.1, -0.05) is 23.2 Å². The summed E-state index contributed by atoms with van der Waals surface area (Å²) < 4.78 is 47.3. The van der Waals surface area contributed by atoms with E-state index in [4.69, 9.17) is 27.9 Å². The van der Waals surface area contributed by atoms with Crippen molar-refractivity contribution in [2.24, 2.45) is 5.92 Å². The van der Waals surface area contributed by atoms with Gasteiger partial charge in [-0.2, -0.15) is 18.4 Å². The minimum absolute atomic E-state index is 0.0501. The number of nitriles is 1. The Bertz CT molecular complexity index is 2090. The summed E-state index contributed by atoms with van der Waals surface area (Å²) in [5, 5.41) is 18.1. The molecule has 3 aromatic rings. The molecule has 3 aromatic carbocycles. The number of thiol groups is 1. The molecule has 0 aliphatic carbocycles. The van der Waals surface area contributed by atoms with E-state index in [0.717, 1.165) is 29.9 Å². The number of piperidine rings is 2. The quantitative estimate of drug-likeness (QED) is 0.130. The molecule has 4 amide bonds. The number of imide groups is 1. The number of amides is 4. The van der Waals surface area contributed by atoms with Crippen molar-refractivity contribution < 1.29 is 37.1 Å². The Labute approximate surface area is 336 Å². The number of likely N-dealkylation sites (tertiary alicyclic amines) is 1. The van der Waals surface area contributed by atoms with Gasteiger partial charge >= 0.3 is 6.18 Å². The molecule has 0 spiro atoms. The van der Waals surface area contributed by atoms with Crippen molar-refractivity contribution in [3.8, 4) is 11.8 Å². The van der Waals surface area contributed by atoms with Crippen molar-refractivity contribution in [2.75, 3.05) is 46.7 Å². The summed E-state index contributed by atoms with van der Waals surface area (Å²) >= 11 is 17.6. The molecule has 12 nitrogen and oxygen atoms in total. The van der Waals surface area contributed by atoms with Crippen molar-refractivity contribution in [3.05, 3.63) is 75.8 Å². The summed E-state index contributed by atoms with van der Waals surface area (Å²) in [5.74, 6) is -0.834. The van der Waals surface area contributed by atoms with Gasteiger partial charge in [-0.25, -0.2) is 0 Å². The van der Waals surface area contributed by atoms with Gasteiger partial charge in [-0.3, -0.25) is 34.3 Å². The number of carbonyl (C=O) groups excluding carboxylic acids is 4. The summed E-state index contributed by atoms with van der Waals surface area (Å²) in [4.78, 5) is 55.0. The molecule has 3 aliphatic rings. The topological polar surface area (TPSA) is 147 Å². The smallest absolute Gasteiger partial charge is 0.417 e. The van der Waals surface area contributed by atoms with E-state index in [9.17, 15) is 37.6 Å². The number of carbonyl (C=O) groups is 4. The molecule has 0 radical (unpaired) electrons. The van der Waals surface area contributed by atoms with E-state index >= 15 is 0 Å². The maximum absolute atomic E-state index is 13.7. The van der Waals surface area contributed by atoms with Crippen LogP contribution in [0.3, 0.4) is 0 Å². The molecule has 2 unspecified atom stereocenters. The molecule has 3 aliphatic heterocycles. The number of hydrogen-bond acceptors (Lipinski definition) is 10. The number of benzene rings is 3. The van der Waals surface area contributed by atoms with Crippen LogP contribution in [0.5, 0.6) is 5.75 Å². The van der Waals surface area contributed by atoms with E-state index in [2.05, 4.69) is 28.6 Å². The Hall–Kier alpha value is -4.69. The van der Waals surface area contributed by atoms with Gasteiger partial charge in [0.15, 0.2) is 5.50 Å². The fourth-order valence-electron chi connectivity index (χ4n) is 7.08. The minimum Gasteiger partial charge on any atom is -0.492 e. The molecular formula is C38H38Cl2F3N7O5S. The van der Waals surface area contributed by atoms with Gasteiger partial charge in [0.2, 0.25) is 17.7 Å². The first kappa shape index (κ1) is 41.0. The number of alkyl halides is 3. The van der Waals surface area contributed by atoms with Crippen molar-refractivity contribution >= 4 is 82.2 Å². The Balaban J connectivity index is 1.01. The fraction of sp³-hybridized carbons (Fsp3) is 0.395. The highest BCUT2D eigenvalue weighted by Gasteiger charge is 2.52. The van der Waals surface area contributed by atoms with Crippen molar-refractivity contribution in [1.82, 2.24) is 10.2 Å². The van der Waals surface area contributed by atoms with E-state index in [1.165, 1.54) is 6.07 Å². The first-order valence-electron chi connectivity index (χ1n) is 17.7. The minimum atomic E-state index is -4.80. The molecule has 0 aromatic heterocycles. The molecule has 18 heteroatoms. The highest BCUT2D eigenvalue weighted by atomic mass is 35.5. The second-order valence-corrected chi connectivity index (χ2v) is 15.7. The second kappa shape index (κ2) is 16.4. The third-order valence-corrected chi connectivity index (χ3v) is 11.0. The lowest BCUT2D eigenvalue weighted by Crippen LogP contribution is -2.47. The predicted molar refractivity (Wildman–Crippen MR) is 209 cm³/mol. The predicted octanol–water partition coefficient (Wildman–Crippen LogP) is 6.68. The number of nitrogens with zero attached hydrogens (tertiary/aromatic N) is 4. The van der Waals surface area contributed by atoms with E-state index in [-0.39, 0.29) is 41.4 Å². The van der Waals surface area contributed by atoms with Crippen LogP contribution >= 0.6 is 35.8 Å². The van der Waals surface area contributed by atoms with Crippen molar-refractivity contribution in [3.63, 3.8) is 0 Å². The fourth-order valence-corrected chi connectivity index (χ4v) is 8.21. The maximum Gasteiger partial charge on any atom is 0.417 e. The van der Waals surface area contributed by atoms with Crippen LogP contribution in [0.1, 0.15) is 50.7 Å². The molecule has 3 saturated heterocycles. The van der Waals surface area contributed by atoms with Crippen LogP contribution < -0.4 is 30.5 Å². The zero-order valence-corrected chi connectivity index (χ0v) is 32.7. The summed E-state index contributed by atoms with van der Waals surface area (Å²) in [6.45, 7) is 5.14. The number of rotatable bonds is 10. The lowest BCUT2D eigenvalue weighted by atomic mass is 9.98. The molecule has 6 rings (SSSR count). The number of hydrogen-bond donors (Lipinski definition) is 4. The Morgan fingerprint density at radius 2 is 1.71 bits per heavy atom. The van der Waals surface area contributed by atoms with Crippen LogP contribution in [0.25, 0.3) is 0 Å². The van der Waals surface area contributed by atoms with Gasteiger partial charge in [0, 0.05) is 34.2 Å². The number of nitrogens with one attached hydrogen (secondary N) is 3. The number of anilines is 4. The molecule has 2 atom stereocenters. The lowest BCUT2D eigenvalue weighted by Gasteiger charge is -2.34. The third kappa shape index (κ3) is 8.96. The van der Waals surface area contributed by atoms with Crippen molar-refractivity contribution in [2.45, 2.75) is 62.8 Å². The molecule has 3 fully saturated rings. The van der Waals surface area contributed by atoms with Crippen LogP contribution in [0.15, 0.2) is 54.6 Å². The Kier molecular flexibility index (Phi) is 12.0. The normalized spacial score (nSPS) is 20.4. The summed E-state index contributed by atoms with van der Waals surface area (Å²) in [5.41, 5.74) is -2.45. The first-order chi connectivity index (χ1) is 26.4. The number of halogens is 5. The average Bonchev–Trinajstić information content (AvgIpc) is 3.30. The largest absolute Gasteiger partial charge is 0.492 e. The zero-order valence-electron chi connectivity index (χ0n) is 30.3. The van der Waals surface area contributed by atoms with E-state index in [1.54, 1.807) is 61.2 Å². The zero-order chi connectivity index (χ0) is 40.5. The third-order valence-electron chi connectivity index (χ3n) is 10.0. The molecule has 56 heavy (non-hydrogen) atoms.